The summed E-state index contributed by atoms with van der Waals surface area (Å²) in [5.41, 5.74) is 1.10. The fraction of sp³-hybridized carbons (Fsp3) is 0.100. The average molecular weight is 404 g/mol. The maximum absolute atomic E-state index is 13.7. The van der Waals surface area contributed by atoms with E-state index in [1.54, 1.807) is 48.5 Å². The summed E-state index contributed by atoms with van der Waals surface area (Å²) in [4.78, 5) is 4.46. The summed E-state index contributed by atoms with van der Waals surface area (Å²) in [7, 11) is 1.52. The molecule has 0 unspecified atom stereocenters. The summed E-state index contributed by atoms with van der Waals surface area (Å²) in [5.74, 6) is 0.604. The van der Waals surface area contributed by atoms with Crippen LogP contribution in [0.3, 0.4) is 0 Å². The van der Waals surface area contributed by atoms with Crippen molar-refractivity contribution in [2.24, 2.45) is 0 Å². The number of nitrogens with zero attached hydrogens (tertiary/aromatic N) is 3. The van der Waals surface area contributed by atoms with Crippen LogP contribution in [0.1, 0.15) is 5.69 Å². The summed E-state index contributed by atoms with van der Waals surface area (Å²) in [5, 5.41) is 4.46. The maximum atomic E-state index is 13.7. The molecule has 0 aliphatic rings. The molecule has 0 atom stereocenters. The highest BCUT2D eigenvalue weighted by molar-refractivity contribution is 6.30. The van der Waals surface area contributed by atoms with Gasteiger partial charge >= 0.3 is 6.18 Å². The number of ether oxygens (including phenoxy) is 1. The molecule has 28 heavy (non-hydrogen) atoms. The molecular weight excluding hydrogens is 391 g/mol. The highest BCUT2D eigenvalue weighted by Crippen LogP contribution is 2.35. The first-order chi connectivity index (χ1) is 13.4. The van der Waals surface area contributed by atoms with Crippen LogP contribution in [0.15, 0.2) is 60.8 Å². The molecule has 0 N–H and O–H groups in total. The first-order valence-electron chi connectivity index (χ1n) is 8.23. The van der Waals surface area contributed by atoms with Crippen molar-refractivity contribution in [1.29, 1.82) is 0 Å². The molecule has 0 saturated heterocycles. The molecule has 8 heteroatoms. The van der Waals surface area contributed by atoms with Gasteiger partial charge < -0.3 is 4.74 Å². The van der Waals surface area contributed by atoms with Gasteiger partial charge in [-0.3, -0.25) is 0 Å². The van der Waals surface area contributed by atoms with Gasteiger partial charge in [-0.15, -0.1) is 0 Å². The van der Waals surface area contributed by atoms with Crippen LogP contribution in [-0.2, 0) is 6.18 Å². The van der Waals surface area contributed by atoms with Crippen molar-refractivity contribution in [2.45, 2.75) is 6.18 Å². The number of benzene rings is 2. The zero-order valence-electron chi connectivity index (χ0n) is 14.5. The lowest BCUT2D eigenvalue weighted by molar-refractivity contribution is -0.142. The molecule has 4 rings (SSSR count). The molecule has 0 saturated carbocycles. The van der Waals surface area contributed by atoms with Crippen molar-refractivity contribution >= 4 is 17.2 Å². The summed E-state index contributed by atoms with van der Waals surface area (Å²) in [6.07, 6.45) is -3.22. The lowest BCUT2D eigenvalue weighted by Crippen LogP contribution is -2.13. The normalized spacial score (nSPS) is 11.8. The van der Waals surface area contributed by atoms with Crippen LogP contribution in [-0.4, -0.2) is 21.7 Å². The Kier molecular flexibility index (Phi) is 4.47. The van der Waals surface area contributed by atoms with Gasteiger partial charge in [-0.2, -0.15) is 18.3 Å². The van der Waals surface area contributed by atoms with Crippen molar-refractivity contribution in [1.82, 2.24) is 14.6 Å². The van der Waals surface area contributed by atoms with Gasteiger partial charge in [-0.25, -0.2) is 9.50 Å². The van der Waals surface area contributed by atoms with Crippen LogP contribution in [0.4, 0.5) is 13.2 Å². The predicted octanol–water partition coefficient (Wildman–Crippen LogP) is 5.74. The fourth-order valence-electron chi connectivity index (χ4n) is 2.91. The second-order valence-corrected chi connectivity index (χ2v) is 6.49. The van der Waals surface area contributed by atoms with E-state index in [1.165, 1.54) is 13.3 Å². The molecule has 0 radical (unpaired) electrons. The molecule has 4 nitrogen and oxygen atoms in total. The van der Waals surface area contributed by atoms with Crippen LogP contribution >= 0.6 is 11.6 Å². The van der Waals surface area contributed by atoms with Gasteiger partial charge in [0.15, 0.2) is 11.3 Å². The standard InChI is InChI=1S/C20H13ClF3N3O/c1-28-15-8-4-13(5-9-15)17-10-18(20(22,23)24)27-19(26-17)16(11-25-27)12-2-6-14(21)7-3-12/h2-11H,1H3. The number of hydrogen-bond donors (Lipinski definition) is 0. The number of hydrogen-bond acceptors (Lipinski definition) is 3. The highest BCUT2D eigenvalue weighted by atomic mass is 35.5. The van der Waals surface area contributed by atoms with E-state index >= 15 is 0 Å². The second-order valence-electron chi connectivity index (χ2n) is 6.05. The van der Waals surface area contributed by atoms with Gasteiger partial charge in [0.2, 0.25) is 0 Å². The van der Waals surface area contributed by atoms with Crippen molar-refractivity contribution in [2.75, 3.05) is 7.11 Å². The number of methoxy groups -OCH3 is 1. The average Bonchev–Trinajstić information content (AvgIpc) is 3.11. The SMILES string of the molecule is COc1ccc(-c2cc(C(F)(F)F)n3ncc(-c4ccc(Cl)cc4)c3n2)cc1. The third kappa shape index (κ3) is 3.29. The summed E-state index contributed by atoms with van der Waals surface area (Å²) in [6, 6.07) is 14.4. The number of alkyl halides is 3. The minimum absolute atomic E-state index is 0.114. The largest absolute Gasteiger partial charge is 0.497 e. The van der Waals surface area contributed by atoms with Crippen LogP contribution < -0.4 is 4.74 Å². The molecule has 2 aromatic carbocycles. The predicted molar refractivity (Wildman–Crippen MR) is 100 cm³/mol. The Morgan fingerprint density at radius 2 is 1.61 bits per heavy atom. The molecule has 0 aliphatic carbocycles. The molecule has 0 fully saturated rings. The van der Waals surface area contributed by atoms with Gasteiger partial charge in [0.1, 0.15) is 5.75 Å². The summed E-state index contributed by atoms with van der Waals surface area (Å²) < 4.78 is 46.9. The minimum Gasteiger partial charge on any atom is -0.497 e. The zero-order valence-corrected chi connectivity index (χ0v) is 15.3. The Labute approximate surface area is 163 Å². The van der Waals surface area contributed by atoms with E-state index in [-0.39, 0.29) is 11.3 Å². The highest BCUT2D eigenvalue weighted by Gasteiger charge is 2.35. The monoisotopic (exact) mass is 403 g/mol. The lowest BCUT2D eigenvalue weighted by Gasteiger charge is -2.12. The van der Waals surface area contributed by atoms with Crippen molar-refractivity contribution < 1.29 is 17.9 Å². The summed E-state index contributed by atoms with van der Waals surface area (Å²) >= 11 is 5.91. The number of rotatable bonds is 3. The molecule has 2 heterocycles. The first-order valence-corrected chi connectivity index (χ1v) is 8.61. The minimum atomic E-state index is -4.59. The molecule has 4 aromatic rings. The Hall–Kier alpha value is -3.06. The Morgan fingerprint density at radius 1 is 0.964 bits per heavy atom. The number of fused-ring (bicyclic) bond motifs is 1. The van der Waals surface area contributed by atoms with E-state index < -0.39 is 11.9 Å². The van der Waals surface area contributed by atoms with E-state index in [1.807, 2.05) is 0 Å². The van der Waals surface area contributed by atoms with Gasteiger partial charge in [-0.05, 0) is 48.0 Å². The molecule has 0 spiro atoms. The third-order valence-electron chi connectivity index (χ3n) is 4.30. The van der Waals surface area contributed by atoms with Gasteiger partial charge in [0.05, 0.1) is 19.0 Å². The van der Waals surface area contributed by atoms with Gasteiger partial charge in [0.25, 0.3) is 0 Å². The van der Waals surface area contributed by atoms with Crippen LogP contribution in [0.25, 0.3) is 28.0 Å². The Bertz CT molecular complexity index is 1140. The first kappa shape index (κ1) is 18.3. The molecular formula is C20H13ClF3N3O. The van der Waals surface area contributed by atoms with Gasteiger partial charge in [-0.1, -0.05) is 23.7 Å². The lowest BCUT2D eigenvalue weighted by atomic mass is 10.1. The summed E-state index contributed by atoms with van der Waals surface area (Å²) in [6.45, 7) is 0. The maximum Gasteiger partial charge on any atom is 0.433 e. The molecule has 0 amide bonds. The topological polar surface area (TPSA) is 39.4 Å². The van der Waals surface area contributed by atoms with Crippen LogP contribution in [0.5, 0.6) is 5.75 Å². The van der Waals surface area contributed by atoms with Crippen molar-refractivity contribution in [3.8, 4) is 28.1 Å². The van der Waals surface area contributed by atoms with E-state index in [9.17, 15) is 13.2 Å². The molecule has 0 aliphatic heterocycles. The van der Waals surface area contributed by atoms with Crippen molar-refractivity contribution in [3.63, 3.8) is 0 Å². The van der Waals surface area contributed by atoms with Crippen LogP contribution in [0.2, 0.25) is 5.02 Å². The van der Waals surface area contributed by atoms with Crippen molar-refractivity contribution in [3.05, 3.63) is 71.5 Å². The quantitative estimate of drug-likeness (QED) is 0.437. The van der Waals surface area contributed by atoms with E-state index in [2.05, 4.69) is 10.1 Å². The van der Waals surface area contributed by atoms with Crippen LogP contribution in [0, 0.1) is 0 Å². The Morgan fingerprint density at radius 3 is 2.21 bits per heavy atom. The fourth-order valence-corrected chi connectivity index (χ4v) is 3.03. The zero-order chi connectivity index (χ0) is 19.9. The molecule has 0 bridgehead atoms. The van der Waals surface area contributed by atoms with E-state index in [4.69, 9.17) is 16.3 Å². The molecule has 142 valence electrons. The Balaban J connectivity index is 1.95. The number of halogens is 4. The van der Waals surface area contributed by atoms with E-state index in [0.29, 0.717) is 27.5 Å². The van der Waals surface area contributed by atoms with Gasteiger partial charge in [0, 0.05) is 16.1 Å². The number of aromatic nitrogens is 3. The smallest absolute Gasteiger partial charge is 0.433 e. The van der Waals surface area contributed by atoms with E-state index in [0.717, 1.165) is 10.6 Å². The second kappa shape index (κ2) is 6.83. The molecule has 2 aromatic heterocycles. The third-order valence-corrected chi connectivity index (χ3v) is 4.56.